The van der Waals surface area contributed by atoms with Crippen molar-refractivity contribution in [1.82, 2.24) is 5.32 Å². The second-order valence-corrected chi connectivity index (χ2v) is 7.36. The van der Waals surface area contributed by atoms with Crippen molar-refractivity contribution in [3.05, 3.63) is 88.9 Å². The molecule has 3 rings (SSSR count). The number of benzene rings is 3. The first-order valence-corrected chi connectivity index (χ1v) is 10.2. The van der Waals surface area contributed by atoms with E-state index in [1.165, 1.54) is 0 Å². The van der Waals surface area contributed by atoms with Gasteiger partial charge in [-0.25, -0.2) is 4.79 Å². The molecule has 6 nitrogen and oxygen atoms in total. The Hall–Kier alpha value is -2.77. The molecule has 0 aliphatic heterocycles. The van der Waals surface area contributed by atoms with Crippen molar-refractivity contribution in [3.8, 4) is 17.2 Å². The first-order chi connectivity index (χ1) is 15.0. The fourth-order valence-electron chi connectivity index (χ4n) is 2.91. The monoisotopic (exact) mass is 477 g/mol. The summed E-state index contributed by atoms with van der Waals surface area (Å²) in [7, 11) is 0. The van der Waals surface area contributed by atoms with Crippen molar-refractivity contribution < 1.29 is 24.5 Å². The van der Waals surface area contributed by atoms with Gasteiger partial charge in [0.05, 0.1) is 6.10 Å². The number of hydrogen-bond acceptors (Lipinski definition) is 5. The quantitative estimate of drug-likeness (QED) is 0.341. The Morgan fingerprint density at radius 1 is 0.969 bits per heavy atom. The highest BCUT2D eigenvalue weighted by Gasteiger charge is 2.07. The average Bonchev–Trinajstić information content (AvgIpc) is 2.77. The second-order valence-electron chi connectivity index (χ2n) is 6.92. The fraction of sp³-hybridized carbons (Fsp3) is 0.208. The molecule has 0 heterocycles. The Bertz CT molecular complexity index is 980. The molecular weight excluding hydrogens is 453 g/mol. The van der Waals surface area contributed by atoms with Crippen LogP contribution in [0.25, 0.3) is 0 Å². The maximum Gasteiger partial charge on any atom is 0.341 e. The third-order valence-electron chi connectivity index (χ3n) is 4.51. The summed E-state index contributed by atoms with van der Waals surface area (Å²) in [5, 5.41) is 22.7. The van der Waals surface area contributed by atoms with Crippen LogP contribution in [-0.2, 0) is 11.2 Å². The lowest BCUT2D eigenvalue weighted by molar-refractivity contribution is -0.139. The van der Waals surface area contributed by atoms with Crippen LogP contribution in [0.1, 0.15) is 17.2 Å². The Balaban J connectivity index is 0.00000363. The van der Waals surface area contributed by atoms with Gasteiger partial charge in [-0.2, -0.15) is 0 Å². The van der Waals surface area contributed by atoms with Gasteiger partial charge in [0, 0.05) is 11.6 Å². The molecule has 170 valence electrons. The molecule has 0 bridgehead atoms. The zero-order chi connectivity index (χ0) is 22.1. The van der Waals surface area contributed by atoms with Crippen LogP contribution in [0.5, 0.6) is 17.2 Å². The van der Waals surface area contributed by atoms with Crippen molar-refractivity contribution in [2.45, 2.75) is 12.5 Å². The molecule has 0 radical (unpaired) electrons. The molecule has 0 aromatic heterocycles. The standard InChI is InChI=1S/C24H24ClNO5.ClH/c25-19-3-1-2-18(14-19)23(27)15-26-13-12-17-4-6-21(7-5-17)31-22-10-8-20(9-11-22)30-16-24(28)29;/h1-11,14,23,26-27H,12-13,15-16H2,(H,28,29);1H/t23-;/m0./s1. The number of rotatable bonds is 11. The Morgan fingerprint density at radius 3 is 2.22 bits per heavy atom. The molecule has 0 amide bonds. The molecule has 0 spiro atoms. The van der Waals surface area contributed by atoms with Crippen LogP contribution in [0.3, 0.4) is 0 Å². The lowest BCUT2D eigenvalue weighted by Crippen LogP contribution is -2.23. The smallest absolute Gasteiger partial charge is 0.341 e. The van der Waals surface area contributed by atoms with E-state index in [1.54, 1.807) is 36.4 Å². The first-order valence-electron chi connectivity index (χ1n) is 9.85. The summed E-state index contributed by atoms with van der Waals surface area (Å²) in [6.45, 7) is 0.805. The molecular formula is C24H25Cl2NO5. The molecule has 1 atom stereocenters. The summed E-state index contributed by atoms with van der Waals surface area (Å²) in [5.74, 6) is 0.783. The summed E-state index contributed by atoms with van der Waals surface area (Å²) >= 11 is 5.96. The van der Waals surface area contributed by atoms with Crippen LogP contribution in [0.4, 0.5) is 0 Å². The number of halogens is 2. The van der Waals surface area contributed by atoms with E-state index in [4.69, 9.17) is 26.2 Å². The summed E-state index contributed by atoms with van der Waals surface area (Å²) < 4.78 is 10.9. The molecule has 0 unspecified atom stereocenters. The van der Waals surface area contributed by atoms with E-state index in [2.05, 4.69) is 5.32 Å². The molecule has 8 heteroatoms. The van der Waals surface area contributed by atoms with Crippen LogP contribution >= 0.6 is 24.0 Å². The van der Waals surface area contributed by atoms with E-state index >= 15 is 0 Å². The number of nitrogens with one attached hydrogen (secondary N) is 1. The molecule has 3 aromatic rings. The highest BCUT2D eigenvalue weighted by Crippen LogP contribution is 2.24. The molecule has 0 saturated carbocycles. The maximum atomic E-state index is 10.5. The van der Waals surface area contributed by atoms with Crippen LogP contribution in [-0.4, -0.2) is 35.9 Å². The van der Waals surface area contributed by atoms with E-state index in [9.17, 15) is 9.90 Å². The minimum absolute atomic E-state index is 0. The van der Waals surface area contributed by atoms with E-state index < -0.39 is 12.1 Å². The Kier molecular flexibility index (Phi) is 10.3. The predicted molar refractivity (Wildman–Crippen MR) is 126 cm³/mol. The molecule has 3 aromatic carbocycles. The largest absolute Gasteiger partial charge is 0.482 e. The molecule has 0 fully saturated rings. The van der Waals surface area contributed by atoms with Gasteiger partial charge in [0.15, 0.2) is 6.61 Å². The van der Waals surface area contributed by atoms with Gasteiger partial charge < -0.3 is 25.0 Å². The van der Waals surface area contributed by atoms with Crippen LogP contribution in [0, 0.1) is 0 Å². The van der Waals surface area contributed by atoms with Gasteiger partial charge in [0.25, 0.3) is 0 Å². The van der Waals surface area contributed by atoms with E-state index in [-0.39, 0.29) is 19.0 Å². The van der Waals surface area contributed by atoms with Crippen LogP contribution in [0.15, 0.2) is 72.8 Å². The minimum atomic E-state index is -1.02. The number of aliphatic hydroxyl groups is 1. The minimum Gasteiger partial charge on any atom is -0.482 e. The normalized spacial score (nSPS) is 11.3. The summed E-state index contributed by atoms with van der Waals surface area (Å²) in [6.07, 6.45) is 0.216. The molecule has 3 N–H and O–H groups in total. The van der Waals surface area contributed by atoms with E-state index in [1.807, 2.05) is 36.4 Å². The van der Waals surface area contributed by atoms with Crippen LogP contribution in [0.2, 0.25) is 5.02 Å². The highest BCUT2D eigenvalue weighted by atomic mass is 35.5. The molecule has 32 heavy (non-hydrogen) atoms. The second kappa shape index (κ2) is 12.9. The topological polar surface area (TPSA) is 88.0 Å². The van der Waals surface area contributed by atoms with E-state index in [0.717, 1.165) is 24.1 Å². The third kappa shape index (κ3) is 8.40. The Labute approximate surface area is 198 Å². The van der Waals surface area contributed by atoms with Gasteiger partial charge in [-0.3, -0.25) is 0 Å². The fourth-order valence-corrected chi connectivity index (χ4v) is 3.11. The predicted octanol–water partition coefficient (Wildman–Crippen LogP) is 4.88. The SMILES string of the molecule is Cl.O=C(O)COc1ccc(Oc2ccc(CCNC[C@H](O)c3cccc(Cl)c3)cc2)cc1. The zero-order valence-electron chi connectivity index (χ0n) is 17.2. The van der Waals surface area contributed by atoms with Gasteiger partial charge >= 0.3 is 5.97 Å². The van der Waals surface area contributed by atoms with E-state index in [0.29, 0.717) is 28.8 Å². The molecule has 0 saturated heterocycles. The summed E-state index contributed by atoms with van der Waals surface area (Å²) in [4.78, 5) is 10.5. The van der Waals surface area contributed by atoms with Crippen molar-refractivity contribution in [3.63, 3.8) is 0 Å². The number of ether oxygens (including phenoxy) is 2. The third-order valence-corrected chi connectivity index (χ3v) is 4.74. The van der Waals surface area contributed by atoms with Gasteiger partial charge in [0.1, 0.15) is 17.2 Å². The van der Waals surface area contributed by atoms with Gasteiger partial charge in [0.2, 0.25) is 0 Å². The van der Waals surface area contributed by atoms with Crippen molar-refractivity contribution in [2.24, 2.45) is 0 Å². The van der Waals surface area contributed by atoms with Gasteiger partial charge in [-0.15, -0.1) is 12.4 Å². The maximum absolute atomic E-state index is 10.5. The lowest BCUT2D eigenvalue weighted by atomic mass is 10.1. The Morgan fingerprint density at radius 2 is 1.59 bits per heavy atom. The summed E-state index contributed by atoms with van der Waals surface area (Å²) in [5.41, 5.74) is 1.94. The van der Waals surface area contributed by atoms with Crippen molar-refractivity contribution in [1.29, 1.82) is 0 Å². The zero-order valence-corrected chi connectivity index (χ0v) is 18.8. The number of carbonyl (C=O) groups is 1. The number of aliphatic carboxylic acids is 1. The van der Waals surface area contributed by atoms with Crippen LogP contribution < -0.4 is 14.8 Å². The average molecular weight is 478 g/mol. The number of hydrogen-bond donors (Lipinski definition) is 3. The van der Waals surface area contributed by atoms with Crippen molar-refractivity contribution in [2.75, 3.05) is 19.7 Å². The summed E-state index contributed by atoms with van der Waals surface area (Å²) in [6, 6.07) is 21.8. The number of carboxylic acids is 1. The lowest BCUT2D eigenvalue weighted by Gasteiger charge is -2.13. The van der Waals surface area contributed by atoms with Gasteiger partial charge in [-0.1, -0.05) is 35.9 Å². The first kappa shape index (κ1) is 25.5. The highest BCUT2D eigenvalue weighted by molar-refractivity contribution is 6.30. The molecule has 0 aliphatic carbocycles. The number of carboxylic acid groups (broad SMARTS) is 1. The number of aliphatic hydroxyl groups excluding tert-OH is 1. The van der Waals surface area contributed by atoms with Gasteiger partial charge in [-0.05, 0) is 72.6 Å². The van der Waals surface area contributed by atoms with Crippen molar-refractivity contribution >= 4 is 30.0 Å². The molecule has 0 aliphatic rings.